The van der Waals surface area contributed by atoms with Crippen molar-refractivity contribution in [3.8, 4) is 0 Å². The van der Waals surface area contributed by atoms with E-state index in [2.05, 4.69) is 0 Å². The molecule has 0 aliphatic carbocycles. The van der Waals surface area contributed by atoms with Gasteiger partial charge >= 0.3 is 5.97 Å². The van der Waals surface area contributed by atoms with Crippen molar-refractivity contribution in [1.82, 2.24) is 0 Å². The predicted molar refractivity (Wildman–Crippen MR) is 52.2 cm³/mol. The molecule has 0 saturated heterocycles. The van der Waals surface area contributed by atoms with Gasteiger partial charge in [-0.15, -0.1) is 0 Å². The summed E-state index contributed by atoms with van der Waals surface area (Å²) in [6.45, 7) is 1.76. The lowest BCUT2D eigenvalue weighted by Crippen LogP contribution is -2.13. The molecule has 4 heteroatoms. The van der Waals surface area contributed by atoms with Crippen molar-refractivity contribution in [3.05, 3.63) is 35.1 Å². The van der Waals surface area contributed by atoms with Crippen molar-refractivity contribution in [2.24, 2.45) is 0 Å². The van der Waals surface area contributed by atoms with Gasteiger partial charge < -0.3 is 9.90 Å². The molecule has 3 nitrogen and oxygen atoms in total. The molecule has 0 bridgehead atoms. The van der Waals surface area contributed by atoms with E-state index in [4.69, 9.17) is 5.11 Å². The first-order chi connectivity index (χ1) is 7.10. The molecule has 15 heavy (non-hydrogen) atoms. The van der Waals surface area contributed by atoms with Crippen LogP contribution in [0.2, 0.25) is 0 Å². The fourth-order valence-electron chi connectivity index (χ4n) is 1.34. The number of carbonyl (C=O) groups excluding carboxylic acids is 1. The fourth-order valence-corrected chi connectivity index (χ4v) is 1.34. The van der Waals surface area contributed by atoms with Crippen LogP contribution in [0.25, 0.3) is 0 Å². The molecule has 0 unspecified atom stereocenters. The van der Waals surface area contributed by atoms with Crippen LogP contribution < -0.4 is 0 Å². The molecular weight excluding hydrogens is 199 g/mol. The Hall–Kier alpha value is -1.71. The molecule has 1 N–H and O–H groups in total. The van der Waals surface area contributed by atoms with E-state index < -0.39 is 11.9 Å². The van der Waals surface area contributed by atoms with E-state index in [1.165, 1.54) is 18.2 Å². The zero-order valence-corrected chi connectivity index (χ0v) is 8.24. The van der Waals surface area contributed by atoms with Crippen LogP contribution in [0.4, 0.5) is 4.39 Å². The third kappa shape index (κ3) is 2.40. The van der Waals surface area contributed by atoms with E-state index in [0.29, 0.717) is 23.8 Å². The van der Waals surface area contributed by atoms with Gasteiger partial charge in [-0.1, -0.05) is 19.1 Å². The lowest BCUT2D eigenvalue weighted by Gasteiger charge is -2.07. The van der Waals surface area contributed by atoms with Crippen molar-refractivity contribution in [2.45, 2.75) is 19.3 Å². The van der Waals surface area contributed by atoms with Gasteiger partial charge in [0.15, 0.2) is 0 Å². The van der Waals surface area contributed by atoms with E-state index in [1.807, 2.05) is 0 Å². The van der Waals surface area contributed by atoms with E-state index in [0.717, 1.165) is 0 Å². The molecule has 0 heterocycles. The molecular formula is C11H11FO3. The smallest absolute Gasteiger partial charge is 0.318 e. The lowest BCUT2D eigenvalue weighted by atomic mass is 9.98. The van der Waals surface area contributed by atoms with Gasteiger partial charge in [0, 0.05) is 0 Å². The first-order valence-corrected chi connectivity index (χ1v) is 4.56. The summed E-state index contributed by atoms with van der Waals surface area (Å²) in [6.07, 6.45) is 0.805. The van der Waals surface area contributed by atoms with Crippen molar-refractivity contribution in [2.75, 3.05) is 0 Å². The van der Waals surface area contributed by atoms with Crippen LogP contribution in [0.1, 0.15) is 24.0 Å². The molecule has 0 amide bonds. The summed E-state index contributed by atoms with van der Waals surface area (Å²) in [7, 11) is 0. The molecule has 0 spiro atoms. The topological polar surface area (TPSA) is 54.4 Å². The minimum Gasteiger partial charge on any atom is -0.480 e. The SMILES string of the molecule is CCc1cc([C@H](C=O)C(=O)O)ccc1F. The standard InChI is InChI=1S/C11H11FO3/c1-2-7-5-8(3-4-10(7)12)9(6-13)11(14)15/h3-6,9H,2H2,1H3,(H,14,15)/t9-/m0/s1. The maximum atomic E-state index is 13.1. The molecule has 0 aliphatic rings. The highest BCUT2D eigenvalue weighted by atomic mass is 19.1. The van der Waals surface area contributed by atoms with Gasteiger partial charge in [-0.05, 0) is 23.6 Å². The quantitative estimate of drug-likeness (QED) is 0.608. The maximum Gasteiger partial charge on any atom is 0.318 e. The second kappa shape index (κ2) is 4.68. The number of rotatable bonds is 4. The van der Waals surface area contributed by atoms with Crippen molar-refractivity contribution in [3.63, 3.8) is 0 Å². The molecule has 0 aliphatic heterocycles. The number of hydrogen-bond acceptors (Lipinski definition) is 2. The first-order valence-electron chi connectivity index (χ1n) is 4.56. The summed E-state index contributed by atoms with van der Waals surface area (Å²) in [6, 6.07) is 3.93. The summed E-state index contributed by atoms with van der Waals surface area (Å²) in [5, 5.41) is 8.73. The van der Waals surface area contributed by atoms with Gasteiger partial charge in [-0.25, -0.2) is 4.39 Å². The monoisotopic (exact) mass is 210 g/mol. The Balaban J connectivity index is 3.14. The number of hydrogen-bond donors (Lipinski definition) is 1. The third-order valence-corrected chi connectivity index (χ3v) is 2.21. The highest BCUT2D eigenvalue weighted by molar-refractivity contribution is 5.92. The van der Waals surface area contributed by atoms with Crippen LogP contribution in [0, 0.1) is 5.82 Å². The minimum atomic E-state index is -1.22. The second-order valence-corrected chi connectivity index (χ2v) is 3.16. The van der Waals surface area contributed by atoms with E-state index in [-0.39, 0.29) is 5.82 Å². The fraction of sp³-hybridized carbons (Fsp3) is 0.273. The highest BCUT2D eigenvalue weighted by Gasteiger charge is 2.19. The second-order valence-electron chi connectivity index (χ2n) is 3.16. The highest BCUT2D eigenvalue weighted by Crippen LogP contribution is 2.18. The van der Waals surface area contributed by atoms with Crippen LogP contribution in [0.15, 0.2) is 18.2 Å². The molecule has 1 aromatic carbocycles. The largest absolute Gasteiger partial charge is 0.480 e. The maximum absolute atomic E-state index is 13.1. The number of aldehydes is 1. The summed E-state index contributed by atoms with van der Waals surface area (Å²) < 4.78 is 13.1. The number of carboxylic acid groups (broad SMARTS) is 1. The van der Waals surface area contributed by atoms with Crippen molar-refractivity contribution < 1.29 is 19.1 Å². The molecule has 0 saturated carbocycles. The lowest BCUT2D eigenvalue weighted by molar-refractivity contribution is -0.140. The average Bonchev–Trinajstić information content (AvgIpc) is 2.21. The Bertz CT molecular complexity index is 387. The Morgan fingerprint density at radius 1 is 1.60 bits per heavy atom. The number of aryl methyl sites for hydroxylation is 1. The van der Waals surface area contributed by atoms with Gasteiger partial charge in [-0.2, -0.15) is 0 Å². The molecule has 1 atom stereocenters. The average molecular weight is 210 g/mol. The number of halogens is 1. The zero-order valence-electron chi connectivity index (χ0n) is 8.24. The van der Waals surface area contributed by atoms with Gasteiger partial charge in [-0.3, -0.25) is 4.79 Å². The summed E-state index contributed by atoms with van der Waals surface area (Å²) in [5.74, 6) is -2.81. The Kier molecular flexibility index (Phi) is 3.55. The number of benzene rings is 1. The van der Waals surface area contributed by atoms with Crippen molar-refractivity contribution in [1.29, 1.82) is 0 Å². The van der Waals surface area contributed by atoms with Crippen LogP contribution in [0.5, 0.6) is 0 Å². The Morgan fingerprint density at radius 3 is 2.73 bits per heavy atom. The van der Waals surface area contributed by atoms with E-state index in [9.17, 15) is 14.0 Å². The van der Waals surface area contributed by atoms with Crippen molar-refractivity contribution >= 4 is 12.3 Å². The number of carbonyl (C=O) groups is 2. The molecule has 0 aromatic heterocycles. The van der Waals surface area contributed by atoms with Gasteiger partial charge in [0.2, 0.25) is 0 Å². The Morgan fingerprint density at radius 2 is 2.27 bits per heavy atom. The van der Waals surface area contributed by atoms with Crippen LogP contribution in [-0.4, -0.2) is 17.4 Å². The molecule has 0 radical (unpaired) electrons. The van der Waals surface area contributed by atoms with E-state index >= 15 is 0 Å². The van der Waals surface area contributed by atoms with Gasteiger partial charge in [0.05, 0.1) is 0 Å². The van der Waals surface area contributed by atoms with Crippen LogP contribution in [-0.2, 0) is 16.0 Å². The number of carboxylic acids is 1. The normalized spacial score (nSPS) is 12.1. The first kappa shape index (κ1) is 11.4. The summed E-state index contributed by atoms with van der Waals surface area (Å²) in [4.78, 5) is 21.2. The summed E-state index contributed by atoms with van der Waals surface area (Å²) in [5.41, 5.74) is 0.733. The molecule has 0 fully saturated rings. The predicted octanol–water partition coefficient (Wildman–Crippen LogP) is 1.76. The Labute approximate surface area is 86.5 Å². The van der Waals surface area contributed by atoms with Crippen LogP contribution >= 0.6 is 0 Å². The number of aliphatic carboxylic acids is 1. The van der Waals surface area contributed by atoms with Gasteiger partial charge in [0.25, 0.3) is 0 Å². The minimum absolute atomic E-state index is 0.316. The molecule has 80 valence electrons. The van der Waals surface area contributed by atoms with E-state index in [1.54, 1.807) is 6.92 Å². The van der Waals surface area contributed by atoms with Crippen LogP contribution in [0.3, 0.4) is 0 Å². The molecule has 1 rings (SSSR count). The third-order valence-electron chi connectivity index (χ3n) is 2.21. The van der Waals surface area contributed by atoms with Gasteiger partial charge in [0.1, 0.15) is 18.0 Å². The summed E-state index contributed by atoms with van der Waals surface area (Å²) >= 11 is 0. The molecule has 1 aromatic rings. The zero-order chi connectivity index (χ0) is 11.4.